The number of benzene rings is 3. The van der Waals surface area contributed by atoms with E-state index in [1.807, 2.05) is 54.6 Å². The first-order valence-corrected chi connectivity index (χ1v) is 7.76. The lowest BCUT2D eigenvalue weighted by molar-refractivity contribution is -0.118. The minimum Gasteiger partial charge on any atom is -0.324 e. The van der Waals surface area contributed by atoms with Crippen LogP contribution in [0.3, 0.4) is 0 Å². The lowest BCUT2D eigenvalue weighted by Crippen LogP contribution is -2.36. The molecule has 0 fully saturated rings. The van der Waals surface area contributed by atoms with Crippen molar-refractivity contribution < 1.29 is 4.79 Å². The molecule has 0 unspecified atom stereocenters. The Kier molecular flexibility index (Phi) is 3.05. The van der Waals surface area contributed by atoms with Crippen LogP contribution in [-0.4, -0.2) is 5.91 Å². The third kappa shape index (κ3) is 1.92. The van der Waals surface area contributed by atoms with Crippen LogP contribution in [0, 0.1) is 6.92 Å². The molecule has 1 heterocycles. The Balaban J connectivity index is 2.07. The lowest BCUT2D eigenvalue weighted by Gasteiger charge is -2.29. The number of aryl methyl sites for hydroxylation is 1. The summed E-state index contributed by atoms with van der Waals surface area (Å²) in [5.41, 5.74) is 4.29. The maximum absolute atomic E-state index is 13.1. The summed E-state index contributed by atoms with van der Waals surface area (Å²) in [5, 5.41) is 3.06. The van der Waals surface area contributed by atoms with Crippen molar-refractivity contribution in [1.29, 1.82) is 0 Å². The van der Waals surface area contributed by atoms with Gasteiger partial charge in [-0.1, -0.05) is 78.4 Å². The zero-order valence-corrected chi connectivity index (χ0v) is 12.9. The number of para-hydroxylation sites is 1. The molecule has 0 aromatic heterocycles. The highest BCUT2D eigenvalue weighted by atomic mass is 16.2. The van der Waals surface area contributed by atoms with Crippen molar-refractivity contribution in [3.63, 3.8) is 0 Å². The maximum atomic E-state index is 13.1. The third-order valence-corrected chi connectivity index (χ3v) is 4.61. The van der Waals surface area contributed by atoms with Gasteiger partial charge in [0.25, 0.3) is 0 Å². The van der Waals surface area contributed by atoms with Crippen LogP contribution in [0.1, 0.15) is 22.3 Å². The first-order chi connectivity index (χ1) is 11.2. The number of carbonyl (C=O) groups is 1. The summed E-state index contributed by atoms with van der Waals surface area (Å²) in [6.07, 6.45) is 0. The maximum Gasteiger partial charge on any atom is 0.244 e. The second-order valence-electron chi connectivity index (χ2n) is 5.98. The first kappa shape index (κ1) is 13.8. The van der Waals surface area contributed by atoms with E-state index >= 15 is 0 Å². The van der Waals surface area contributed by atoms with Crippen LogP contribution in [0.4, 0.5) is 5.69 Å². The van der Waals surface area contributed by atoms with Gasteiger partial charge in [0.05, 0.1) is 0 Å². The van der Waals surface area contributed by atoms with Gasteiger partial charge in [-0.25, -0.2) is 0 Å². The summed E-state index contributed by atoms with van der Waals surface area (Å²) in [6, 6.07) is 26.2. The Morgan fingerprint density at radius 1 is 0.739 bits per heavy atom. The van der Waals surface area contributed by atoms with Crippen molar-refractivity contribution in [2.45, 2.75) is 12.3 Å². The molecule has 4 rings (SSSR count). The van der Waals surface area contributed by atoms with E-state index in [1.54, 1.807) is 0 Å². The fourth-order valence-corrected chi connectivity index (χ4v) is 3.49. The van der Waals surface area contributed by atoms with Crippen LogP contribution in [0.2, 0.25) is 0 Å². The summed E-state index contributed by atoms with van der Waals surface area (Å²) >= 11 is 0. The van der Waals surface area contributed by atoms with Crippen LogP contribution in [-0.2, 0) is 10.2 Å². The molecule has 23 heavy (non-hydrogen) atoms. The lowest BCUT2D eigenvalue weighted by atomic mass is 9.70. The zero-order valence-electron chi connectivity index (χ0n) is 12.9. The topological polar surface area (TPSA) is 29.1 Å². The zero-order chi connectivity index (χ0) is 15.9. The number of amides is 1. The van der Waals surface area contributed by atoms with Crippen LogP contribution in [0.25, 0.3) is 0 Å². The van der Waals surface area contributed by atoms with E-state index in [-0.39, 0.29) is 5.91 Å². The summed E-state index contributed by atoms with van der Waals surface area (Å²) in [7, 11) is 0. The highest BCUT2D eigenvalue weighted by Crippen LogP contribution is 2.47. The van der Waals surface area contributed by atoms with Crippen LogP contribution in [0.5, 0.6) is 0 Å². The van der Waals surface area contributed by atoms with Crippen molar-refractivity contribution in [3.05, 3.63) is 101 Å². The third-order valence-electron chi connectivity index (χ3n) is 4.61. The normalized spacial score (nSPS) is 19.3. The van der Waals surface area contributed by atoms with Gasteiger partial charge in [-0.2, -0.15) is 0 Å². The minimum atomic E-state index is -0.786. The second-order valence-corrected chi connectivity index (χ2v) is 5.98. The molecule has 3 aromatic carbocycles. The van der Waals surface area contributed by atoms with Crippen molar-refractivity contribution >= 4 is 11.6 Å². The number of hydrogen-bond acceptors (Lipinski definition) is 1. The van der Waals surface area contributed by atoms with E-state index in [0.29, 0.717) is 0 Å². The number of hydrogen-bond donors (Lipinski definition) is 1. The van der Waals surface area contributed by atoms with E-state index in [1.165, 1.54) is 5.56 Å². The SMILES string of the molecule is Cc1ccc([C@@]2(c3ccccc3)C(=O)Nc3ccccc32)cc1. The van der Waals surface area contributed by atoms with Gasteiger partial charge < -0.3 is 5.32 Å². The van der Waals surface area contributed by atoms with Gasteiger partial charge in [0, 0.05) is 11.3 Å². The molecule has 1 amide bonds. The highest BCUT2D eigenvalue weighted by molar-refractivity contribution is 6.11. The van der Waals surface area contributed by atoms with Crippen molar-refractivity contribution in [2.24, 2.45) is 0 Å². The van der Waals surface area contributed by atoms with E-state index in [2.05, 4.69) is 36.5 Å². The molecule has 1 N–H and O–H groups in total. The van der Waals surface area contributed by atoms with Gasteiger partial charge in [-0.05, 0) is 24.1 Å². The summed E-state index contributed by atoms with van der Waals surface area (Å²) in [6.45, 7) is 2.06. The van der Waals surface area contributed by atoms with Crippen molar-refractivity contribution in [2.75, 3.05) is 5.32 Å². The number of fused-ring (bicyclic) bond motifs is 1. The molecule has 0 saturated carbocycles. The molecule has 0 aliphatic carbocycles. The van der Waals surface area contributed by atoms with Crippen LogP contribution < -0.4 is 5.32 Å². The Bertz CT molecular complexity index is 868. The molecule has 0 bridgehead atoms. The van der Waals surface area contributed by atoms with E-state index in [9.17, 15) is 4.79 Å². The molecule has 0 spiro atoms. The molecule has 1 atom stereocenters. The van der Waals surface area contributed by atoms with Gasteiger partial charge in [-0.3, -0.25) is 4.79 Å². The Labute approximate surface area is 135 Å². The quantitative estimate of drug-likeness (QED) is 0.752. The van der Waals surface area contributed by atoms with E-state index in [0.717, 1.165) is 22.4 Å². The van der Waals surface area contributed by atoms with E-state index < -0.39 is 5.41 Å². The summed E-state index contributed by atoms with van der Waals surface area (Å²) in [5.74, 6) is 0.00810. The molecule has 2 nitrogen and oxygen atoms in total. The Hall–Kier alpha value is -2.87. The highest BCUT2D eigenvalue weighted by Gasteiger charge is 2.49. The predicted octanol–water partition coefficient (Wildman–Crippen LogP) is 4.28. The Morgan fingerprint density at radius 2 is 1.35 bits per heavy atom. The monoisotopic (exact) mass is 299 g/mol. The molecular weight excluding hydrogens is 282 g/mol. The second kappa shape index (κ2) is 5.10. The van der Waals surface area contributed by atoms with Crippen LogP contribution >= 0.6 is 0 Å². The molecule has 112 valence electrons. The first-order valence-electron chi connectivity index (χ1n) is 7.76. The van der Waals surface area contributed by atoms with Gasteiger partial charge in [0.15, 0.2) is 0 Å². The van der Waals surface area contributed by atoms with Gasteiger partial charge >= 0.3 is 0 Å². The minimum absolute atomic E-state index is 0.00810. The summed E-state index contributed by atoms with van der Waals surface area (Å²) in [4.78, 5) is 13.1. The molecule has 1 aliphatic rings. The summed E-state index contributed by atoms with van der Waals surface area (Å²) < 4.78 is 0. The number of nitrogens with one attached hydrogen (secondary N) is 1. The molecule has 3 aromatic rings. The largest absolute Gasteiger partial charge is 0.324 e. The smallest absolute Gasteiger partial charge is 0.244 e. The molecule has 2 heteroatoms. The predicted molar refractivity (Wildman–Crippen MR) is 92.6 cm³/mol. The number of anilines is 1. The molecule has 0 radical (unpaired) electrons. The standard InChI is InChI=1S/C21H17NO/c1-15-11-13-17(14-12-15)21(16-7-3-2-4-8-16)18-9-5-6-10-19(18)22-20(21)23/h2-14H,1H3,(H,22,23)/t21-/m1/s1. The molecular formula is C21H17NO. The van der Waals surface area contributed by atoms with Gasteiger partial charge in [0.2, 0.25) is 5.91 Å². The Morgan fingerprint density at radius 3 is 2.09 bits per heavy atom. The average molecular weight is 299 g/mol. The van der Waals surface area contributed by atoms with Crippen LogP contribution in [0.15, 0.2) is 78.9 Å². The van der Waals surface area contributed by atoms with Crippen molar-refractivity contribution in [1.82, 2.24) is 0 Å². The van der Waals surface area contributed by atoms with Gasteiger partial charge in [-0.15, -0.1) is 0 Å². The fourth-order valence-electron chi connectivity index (χ4n) is 3.49. The van der Waals surface area contributed by atoms with Crippen molar-refractivity contribution in [3.8, 4) is 0 Å². The molecule has 0 saturated heterocycles. The number of carbonyl (C=O) groups excluding carboxylic acids is 1. The van der Waals surface area contributed by atoms with Gasteiger partial charge in [0.1, 0.15) is 5.41 Å². The van der Waals surface area contributed by atoms with E-state index in [4.69, 9.17) is 0 Å². The molecule has 1 aliphatic heterocycles. The number of rotatable bonds is 2. The average Bonchev–Trinajstić information content (AvgIpc) is 2.89. The fraction of sp³-hybridized carbons (Fsp3) is 0.0952.